The summed E-state index contributed by atoms with van der Waals surface area (Å²) < 4.78 is 8.29. The van der Waals surface area contributed by atoms with Crippen molar-refractivity contribution < 1.29 is 9.53 Å². The van der Waals surface area contributed by atoms with Crippen molar-refractivity contribution in [3.8, 4) is 11.4 Å². The first-order chi connectivity index (χ1) is 12.1. The summed E-state index contributed by atoms with van der Waals surface area (Å²) in [5.41, 5.74) is 2.84. The molecule has 1 N–H and O–H groups in total. The predicted molar refractivity (Wildman–Crippen MR) is 102 cm³/mol. The highest BCUT2D eigenvalue weighted by Gasteiger charge is 2.16. The lowest BCUT2D eigenvalue weighted by molar-refractivity contribution is 0.102. The van der Waals surface area contributed by atoms with Gasteiger partial charge in [-0.15, -0.1) is 0 Å². The molecule has 0 aliphatic rings. The number of hydrogen-bond donors (Lipinski definition) is 1. The quantitative estimate of drug-likeness (QED) is 0.682. The molecule has 1 aromatic heterocycles. The number of benzene rings is 2. The Hall–Kier alpha value is -2.60. The molecule has 1 heterocycles. The van der Waals surface area contributed by atoms with E-state index >= 15 is 0 Å². The Labute approximate surface area is 154 Å². The highest BCUT2D eigenvalue weighted by atomic mass is 79.9. The average Bonchev–Trinajstić information content (AvgIpc) is 2.99. The van der Waals surface area contributed by atoms with Gasteiger partial charge in [-0.3, -0.25) is 4.79 Å². The third kappa shape index (κ3) is 3.74. The van der Waals surface area contributed by atoms with E-state index in [1.165, 1.54) is 0 Å². The summed E-state index contributed by atoms with van der Waals surface area (Å²) in [6.07, 6.45) is 1.58. The Morgan fingerprint density at radius 2 is 1.92 bits per heavy atom. The maximum Gasteiger partial charge on any atom is 0.259 e. The number of nitrogens with one attached hydrogen (secondary N) is 1. The van der Waals surface area contributed by atoms with E-state index in [2.05, 4.69) is 26.3 Å². The first kappa shape index (κ1) is 17.2. The highest BCUT2D eigenvalue weighted by molar-refractivity contribution is 9.10. The molecular weight excluding hydrogens is 382 g/mol. The molecule has 6 heteroatoms. The van der Waals surface area contributed by atoms with Gasteiger partial charge in [0.25, 0.3) is 5.91 Å². The van der Waals surface area contributed by atoms with Gasteiger partial charge in [0.05, 0.1) is 35.4 Å². The van der Waals surface area contributed by atoms with Crippen LogP contribution in [0.5, 0.6) is 5.75 Å². The van der Waals surface area contributed by atoms with Crippen LogP contribution in [0.1, 0.15) is 23.0 Å². The van der Waals surface area contributed by atoms with Gasteiger partial charge in [-0.2, -0.15) is 5.10 Å². The van der Waals surface area contributed by atoms with E-state index in [-0.39, 0.29) is 5.91 Å². The third-order valence-corrected chi connectivity index (χ3v) is 4.29. The number of carbonyl (C=O) groups is 1. The molecule has 0 spiro atoms. The van der Waals surface area contributed by atoms with Crippen molar-refractivity contribution in [1.29, 1.82) is 0 Å². The molecule has 0 radical (unpaired) electrons. The first-order valence-electron chi connectivity index (χ1n) is 7.94. The SMILES string of the molecule is CCOc1ccccc1NC(=O)c1cnn(-c2ccc(Br)cc2)c1C. The standard InChI is InChI=1S/C19H18BrN3O2/c1-3-25-18-7-5-4-6-17(18)22-19(24)16-12-21-23(13(16)2)15-10-8-14(20)9-11-15/h4-12H,3H2,1-2H3,(H,22,24). The molecule has 0 fully saturated rings. The van der Waals surface area contributed by atoms with Crippen LogP contribution in [0, 0.1) is 6.92 Å². The lowest BCUT2D eigenvalue weighted by Crippen LogP contribution is -2.14. The first-order valence-corrected chi connectivity index (χ1v) is 8.73. The van der Waals surface area contributed by atoms with Crippen LogP contribution in [-0.2, 0) is 0 Å². The maximum absolute atomic E-state index is 12.7. The fraction of sp³-hybridized carbons (Fsp3) is 0.158. The molecule has 2 aromatic carbocycles. The van der Waals surface area contributed by atoms with Crippen LogP contribution in [0.15, 0.2) is 59.2 Å². The molecule has 5 nitrogen and oxygen atoms in total. The van der Waals surface area contributed by atoms with E-state index < -0.39 is 0 Å². The van der Waals surface area contributed by atoms with Crippen LogP contribution in [0.25, 0.3) is 5.69 Å². The summed E-state index contributed by atoms with van der Waals surface area (Å²) >= 11 is 3.42. The summed E-state index contributed by atoms with van der Waals surface area (Å²) in [6, 6.07) is 15.1. The molecule has 128 valence electrons. The number of amides is 1. The zero-order valence-electron chi connectivity index (χ0n) is 14.0. The molecule has 1 amide bonds. The number of anilines is 1. The topological polar surface area (TPSA) is 56.1 Å². The van der Waals surface area contributed by atoms with Crippen LogP contribution in [0.2, 0.25) is 0 Å². The molecule has 0 saturated heterocycles. The molecule has 0 aliphatic carbocycles. The lowest BCUT2D eigenvalue weighted by atomic mass is 10.2. The molecule has 0 bridgehead atoms. The van der Waals surface area contributed by atoms with E-state index in [0.29, 0.717) is 23.6 Å². The van der Waals surface area contributed by atoms with E-state index in [9.17, 15) is 4.79 Å². The van der Waals surface area contributed by atoms with Crippen molar-refractivity contribution in [2.75, 3.05) is 11.9 Å². The van der Waals surface area contributed by atoms with Crippen LogP contribution < -0.4 is 10.1 Å². The van der Waals surface area contributed by atoms with Crippen molar-refractivity contribution >= 4 is 27.5 Å². The van der Waals surface area contributed by atoms with Crippen molar-refractivity contribution in [2.24, 2.45) is 0 Å². The third-order valence-electron chi connectivity index (χ3n) is 3.76. The van der Waals surface area contributed by atoms with E-state index in [1.54, 1.807) is 10.9 Å². The van der Waals surface area contributed by atoms with Gasteiger partial charge in [-0.1, -0.05) is 28.1 Å². The largest absolute Gasteiger partial charge is 0.492 e. The number of nitrogens with zero attached hydrogens (tertiary/aromatic N) is 2. The number of carbonyl (C=O) groups excluding carboxylic acids is 1. The van der Waals surface area contributed by atoms with Gasteiger partial charge in [0.2, 0.25) is 0 Å². The number of halogens is 1. The van der Waals surface area contributed by atoms with Gasteiger partial charge >= 0.3 is 0 Å². The van der Waals surface area contributed by atoms with Crippen molar-refractivity contribution in [3.05, 3.63) is 70.5 Å². The zero-order valence-corrected chi connectivity index (χ0v) is 15.6. The second kappa shape index (κ2) is 7.53. The Kier molecular flexibility index (Phi) is 5.19. The number of para-hydroxylation sites is 2. The Balaban J connectivity index is 1.85. The van der Waals surface area contributed by atoms with Crippen LogP contribution >= 0.6 is 15.9 Å². The molecule has 3 aromatic rings. The monoisotopic (exact) mass is 399 g/mol. The van der Waals surface area contributed by atoms with Gasteiger partial charge in [0.1, 0.15) is 5.75 Å². The van der Waals surface area contributed by atoms with Crippen molar-refractivity contribution in [3.63, 3.8) is 0 Å². The fourth-order valence-electron chi connectivity index (χ4n) is 2.52. The summed E-state index contributed by atoms with van der Waals surface area (Å²) in [4.78, 5) is 12.7. The van der Waals surface area contributed by atoms with Gasteiger partial charge < -0.3 is 10.1 Å². The molecular formula is C19H18BrN3O2. The molecule has 0 saturated carbocycles. The summed E-state index contributed by atoms with van der Waals surface area (Å²) in [5, 5.41) is 7.25. The minimum absolute atomic E-state index is 0.215. The lowest BCUT2D eigenvalue weighted by Gasteiger charge is -2.11. The number of rotatable bonds is 5. The minimum atomic E-state index is -0.215. The van der Waals surface area contributed by atoms with Crippen molar-refractivity contribution in [2.45, 2.75) is 13.8 Å². The van der Waals surface area contributed by atoms with E-state index in [4.69, 9.17) is 4.74 Å². The Bertz CT molecular complexity index is 888. The van der Waals surface area contributed by atoms with Crippen LogP contribution in [-0.4, -0.2) is 22.3 Å². The Morgan fingerprint density at radius 1 is 1.20 bits per heavy atom. The number of aromatic nitrogens is 2. The molecule has 0 unspecified atom stereocenters. The predicted octanol–water partition coefficient (Wildman–Crippen LogP) is 4.59. The summed E-state index contributed by atoms with van der Waals surface area (Å²) in [6.45, 7) is 4.32. The number of ether oxygens (including phenoxy) is 1. The van der Waals surface area contributed by atoms with Crippen LogP contribution in [0.4, 0.5) is 5.69 Å². The second-order valence-electron chi connectivity index (χ2n) is 5.42. The smallest absolute Gasteiger partial charge is 0.259 e. The summed E-state index contributed by atoms with van der Waals surface area (Å²) in [5.74, 6) is 0.435. The van der Waals surface area contributed by atoms with E-state index in [0.717, 1.165) is 15.9 Å². The zero-order chi connectivity index (χ0) is 17.8. The van der Waals surface area contributed by atoms with Crippen LogP contribution in [0.3, 0.4) is 0 Å². The highest BCUT2D eigenvalue weighted by Crippen LogP contribution is 2.25. The van der Waals surface area contributed by atoms with Gasteiger partial charge in [-0.05, 0) is 50.2 Å². The average molecular weight is 400 g/mol. The fourth-order valence-corrected chi connectivity index (χ4v) is 2.78. The second-order valence-corrected chi connectivity index (χ2v) is 6.33. The maximum atomic E-state index is 12.7. The van der Waals surface area contributed by atoms with Gasteiger partial charge in [0.15, 0.2) is 0 Å². The van der Waals surface area contributed by atoms with Gasteiger partial charge in [-0.25, -0.2) is 4.68 Å². The normalized spacial score (nSPS) is 10.5. The number of hydrogen-bond acceptors (Lipinski definition) is 3. The molecule has 0 atom stereocenters. The minimum Gasteiger partial charge on any atom is -0.492 e. The van der Waals surface area contributed by atoms with Gasteiger partial charge in [0, 0.05) is 4.47 Å². The molecule has 0 aliphatic heterocycles. The van der Waals surface area contributed by atoms with Crippen molar-refractivity contribution in [1.82, 2.24) is 9.78 Å². The molecule has 25 heavy (non-hydrogen) atoms. The molecule has 3 rings (SSSR count). The summed E-state index contributed by atoms with van der Waals surface area (Å²) in [7, 11) is 0. The Morgan fingerprint density at radius 3 is 2.64 bits per heavy atom. The van der Waals surface area contributed by atoms with E-state index in [1.807, 2.05) is 62.4 Å².